The maximum absolute atomic E-state index is 3.69. The normalized spacial score (nSPS) is 23.8. The fourth-order valence-electron chi connectivity index (χ4n) is 2.80. The van der Waals surface area contributed by atoms with Crippen LogP contribution in [-0.4, -0.2) is 62.2 Å². The van der Waals surface area contributed by atoms with Crippen molar-refractivity contribution >= 4 is 0 Å². The van der Waals surface area contributed by atoms with E-state index in [1.165, 1.54) is 38.9 Å². The van der Waals surface area contributed by atoms with Crippen LogP contribution in [0.3, 0.4) is 0 Å². The summed E-state index contributed by atoms with van der Waals surface area (Å²) in [6, 6.07) is 1.37. The van der Waals surface area contributed by atoms with Gasteiger partial charge in [0, 0.05) is 25.2 Å². The summed E-state index contributed by atoms with van der Waals surface area (Å²) >= 11 is 0. The van der Waals surface area contributed by atoms with Crippen molar-refractivity contribution < 1.29 is 0 Å². The molecule has 0 spiro atoms. The highest BCUT2D eigenvalue weighted by Crippen LogP contribution is 2.15. The van der Waals surface area contributed by atoms with Crippen LogP contribution < -0.4 is 5.32 Å². The smallest absolute Gasteiger partial charge is 0.0221 e. The third kappa shape index (κ3) is 5.25. The molecule has 0 aromatic carbocycles. The lowest BCUT2D eigenvalue weighted by molar-refractivity contribution is 0.118. The summed E-state index contributed by atoms with van der Waals surface area (Å²) < 4.78 is 0. The average molecular weight is 255 g/mol. The molecule has 0 aromatic rings. The number of likely N-dealkylation sites (N-methyl/N-ethyl adjacent to an activating group) is 2. The average Bonchev–Trinajstić information content (AvgIpc) is 2.33. The summed E-state index contributed by atoms with van der Waals surface area (Å²) in [4.78, 5) is 5.04. The summed E-state index contributed by atoms with van der Waals surface area (Å²) in [5, 5.41) is 3.69. The van der Waals surface area contributed by atoms with Crippen molar-refractivity contribution in [2.75, 3.05) is 40.3 Å². The minimum atomic E-state index is 0.627. The predicted molar refractivity (Wildman–Crippen MR) is 80.1 cm³/mol. The van der Waals surface area contributed by atoms with Crippen LogP contribution in [0, 0.1) is 5.92 Å². The van der Waals surface area contributed by atoms with Gasteiger partial charge in [0.1, 0.15) is 0 Å². The first kappa shape index (κ1) is 15.9. The van der Waals surface area contributed by atoms with Crippen molar-refractivity contribution in [3.8, 4) is 0 Å². The molecule has 3 nitrogen and oxygen atoms in total. The minimum absolute atomic E-state index is 0.627. The summed E-state index contributed by atoms with van der Waals surface area (Å²) in [5.41, 5.74) is 0. The SMILES string of the molecule is CCCNC(CN(C)C1CCCN(C)C1)C(C)C. The highest BCUT2D eigenvalue weighted by Gasteiger charge is 2.23. The van der Waals surface area contributed by atoms with Crippen molar-refractivity contribution in [1.82, 2.24) is 15.1 Å². The van der Waals surface area contributed by atoms with Crippen LogP contribution in [0.4, 0.5) is 0 Å². The molecule has 0 amide bonds. The van der Waals surface area contributed by atoms with Crippen molar-refractivity contribution in [3.63, 3.8) is 0 Å². The van der Waals surface area contributed by atoms with Crippen LogP contribution in [0.15, 0.2) is 0 Å². The molecular weight excluding hydrogens is 222 g/mol. The van der Waals surface area contributed by atoms with Crippen LogP contribution >= 0.6 is 0 Å². The number of piperidine rings is 1. The van der Waals surface area contributed by atoms with Gasteiger partial charge in [0.05, 0.1) is 0 Å². The van der Waals surface area contributed by atoms with Gasteiger partial charge in [-0.25, -0.2) is 0 Å². The Morgan fingerprint density at radius 3 is 2.67 bits per heavy atom. The van der Waals surface area contributed by atoms with Gasteiger partial charge in [0.2, 0.25) is 0 Å². The molecule has 108 valence electrons. The van der Waals surface area contributed by atoms with E-state index in [1.54, 1.807) is 0 Å². The molecule has 1 saturated heterocycles. The van der Waals surface area contributed by atoms with Crippen LogP contribution in [0.1, 0.15) is 40.0 Å². The molecule has 1 N–H and O–H groups in total. The molecule has 0 aliphatic carbocycles. The summed E-state index contributed by atoms with van der Waals surface area (Å²) in [7, 11) is 4.54. The molecule has 3 heteroatoms. The van der Waals surface area contributed by atoms with E-state index in [0.29, 0.717) is 12.0 Å². The molecule has 0 bridgehead atoms. The lowest BCUT2D eigenvalue weighted by Crippen LogP contribution is -2.50. The highest BCUT2D eigenvalue weighted by molar-refractivity contribution is 4.82. The molecule has 0 radical (unpaired) electrons. The van der Waals surface area contributed by atoms with E-state index in [1.807, 2.05) is 0 Å². The largest absolute Gasteiger partial charge is 0.312 e. The lowest BCUT2D eigenvalue weighted by Gasteiger charge is -2.38. The number of likely N-dealkylation sites (tertiary alicyclic amines) is 1. The fourth-order valence-corrected chi connectivity index (χ4v) is 2.80. The Labute approximate surface area is 114 Å². The molecule has 0 saturated carbocycles. The van der Waals surface area contributed by atoms with Gasteiger partial charge in [-0.2, -0.15) is 0 Å². The van der Waals surface area contributed by atoms with Gasteiger partial charge < -0.3 is 15.1 Å². The number of hydrogen-bond donors (Lipinski definition) is 1. The van der Waals surface area contributed by atoms with Crippen LogP contribution in [-0.2, 0) is 0 Å². The second-order valence-corrected chi connectivity index (χ2v) is 6.30. The third-order valence-electron chi connectivity index (χ3n) is 4.17. The third-order valence-corrected chi connectivity index (χ3v) is 4.17. The van der Waals surface area contributed by atoms with E-state index in [-0.39, 0.29) is 0 Å². The molecule has 18 heavy (non-hydrogen) atoms. The number of nitrogens with zero attached hydrogens (tertiary/aromatic N) is 2. The monoisotopic (exact) mass is 255 g/mol. The molecular formula is C15H33N3. The first-order valence-corrected chi connectivity index (χ1v) is 7.66. The molecule has 0 aromatic heterocycles. The zero-order valence-corrected chi connectivity index (χ0v) is 13.1. The summed E-state index contributed by atoms with van der Waals surface area (Å²) in [6.45, 7) is 11.7. The van der Waals surface area contributed by atoms with Gasteiger partial charge in [-0.3, -0.25) is 0 Å². The van der Waals surface area contributed by atoms with E-state index in [9.17, 15) is 0 Å². The molecule has 1 rings (SSSR count). The Bertz CT molecular complexity index is 218. The van der Waals surface area contributed by atoms with Crippen molar-refractivity contribution in [2.45, 2.75) is 52.1 Å². The van der Waals surface area contributed by atoms with Gasteiger partial charge in [0.25, 0.3) is 0 Å². The van der Waals surface area contributed by atoms with Gasteiger partial charge in [0.15, 0.2) is 0 Å². The van der Waals surface area contributed by atoms with E-state index in [2.05, 4.69) is 50.0 Å². The summed E-state index contributed by atoms with van der Waals surface area (Å²) in [5.74, 6) is 0.709. The first-order valence-electron chi connectivity index (χ1n) is 7.66. The lowest BCUT2D eigenvalue weighted by atomic mass is 10.0. The number of rotatable bonds is 7. The number of hydrogen-bond acceptors (Lipinski definition) is 3. The Kier molecular flexibility index (Phi) is 7.20. The highest BCUT2D eigenvalue weighted by atomic mass is 15.2. The van der Waals surface area contributed by atoms with Crippen molar-refractivity contribution in [3.05, 3.63) is 0 Å². The molecule has 1 heterocycles. The van der Waals surface area contributed by atoms with Gasteiger partial charge >= 0.3 is 0 Å². The Morgan fingerprint density at radius 2 is 2.11 bits per heavy atom. The van der Waals surface area contributed by atoms with Gasteiger partial charge in [-0.15, -0.1) is 0 Å². The van der Waals surface area contributed by atoms with Gasteiger partial charge in [-0.1, -0.05) is 20.8 Å². The van der Waals surface area contributed by atoms with Crippen molar-refractivity contribution in [2.24, 2.45) is 5.92 Å². The number of nitrogens with one attached hydrogen (secondary N) is 1. The predicted octanol–water partition coefficient (Wildman–Crippen LogP) is 2.04. The van der Waals surface area contributed by atoms with E-state index >= 15 is 0 Å². The minimum Gasteiger partial charge on any atom is -0.312 e. The zero-order valence-electron chi connectivity index (χ0n) is 13.1. The van der Waals surface area contributed by atoms with Crippen molar-refractivity contribution in [1.29, 1.82) is 0 Å². The standard InChI is InChI=1S/C15H33N3/c1-6-9-16-15(13(2)3)12-18(5)14-8-7-10-17(4)11-14/h13-16H,6-12H2,1-5H3. The van der Waals surface area contributed by atoms with Crippen LogP contribution in [0.5, 0.6) is 0 Å². The van der Waals surface area contributed by atoms with Crippen LogP contribution in [0.2, 0.25) is 0 Å². The quantitative estimate of drug-likeness (QED) is 0.751. The fraction of sp³-hybridized carbons (Fsp3) is 1.00. The van der Waals surface area contributed by atoms with Gasteiger partial charge in [-0.05, 0) is 52.4 Å². The maximum atomic E-state index is 3.69. The Morgan fingerprint density at radius 1 is 1.39 bits per heavy atom. The molecule has 1 aliphatic heterocycles. The van der Waals surface area contributed by atoms with E-state index in [0.717, 1.165) is 12.6 Å². The zero-order chi connectivity index (χ0) is 13.5. The Hall–Kier alpha value is -0.120. The Balaban J connectivity index is 2.41. The van der Waals surface area contributed by atoms with E-state index < -0.39 is 0 Å². The molecule has 1 aliphatic rings. The maximum Gasteiger partial charge on any atom is 0.0221 e. The molecule has 2 atom stereocenters. The first-order chi connectivity index (χ1) is 8.54. The van der Waals surface area contributed by atoms with Crippen LogP contribution in [0.25, 0.3) is 0 Å². The second-order valence-electron chi connectivity index (χ2n) is 6.30. The topological polar surface area (TPSA) is 18.5 Å². The molecule has 2 unspecified atom stereocenters. The summed E-state index contributed by atoms with van der Waals surface area (Å²) in [6.07, 6.45) is 3.93. The van der Waals surface area contributed by atoms with E-state index in [4.69, 9.17) is 0 Å². The molecule has 1 fully saturated rings. The second kappa shape index (κ2) is 8.13.